The maximum Gasteiger partial charge on any atom is 0.320 e. The second-order valence-corrected chi connectivity index (χ2v) is 16.3. The molecule has 4 aromatic heterocycles. The number of aromatic nitrogens is 8. The maximum absolute atomic E-state index is 6.06. The van der Waals surface area contributed by atoms with Crippen LogP contribution in [0.4, 0.5) is 11.6 Å². The molecule has 0 radical (unpaired) electrons. The van der Waals surface area contributed by atoms with Crippen molar-refractivity contribution < 1.29 is 14.2 Å². The van der Waals surface area contributed by atoms with Gasteiger partial charge in [0.1, 0.15) is 17.4 Å². The molecule has 9 rings (SSSR count). The van der Waals surface area contributed by atoms with Crippen LogP contribution in [0.3, 0.4) is 0 Å². The molecule has 2 aliphatic heterocycles. The molecule has 0 aliphatic carbocycles. The van der Waals surface area contributed by atoms with Gasteiger partial charge in [0, 0.05) is 19.6 Å². The molecular weight excluding hydrogens is 793 g/mol. The summed E-state index contributed by atoms with van der Waals surface area (Å²) in [6.07, 6.45) is 10.2. The summed E-state index contributed by atoms with van der Waals surface area (Å²) in [5.41, 5.74) is 13.7. The van der Waals surface area contributed by atoms with Gasteiger partial charge in [-0.15, -0.1) is 0 Å². The summed E-state index contributed by atoms with van der Waals surface area (Å²) in [6, 6.07) is 26.2. The lowest BCUT2D eigenvalue weighted by Gasteiger charge is -2.30. The fourth-order valence-electron chi connectivity index (χ4n) is 7.37. The minimum absolute atomic E-state index is 0.320. The zero-order valence-electron chi connectivity index (χ0n) is 36.9. The molecule has 0 bridgehead atoms. The number of hydrogen-bond donors (Lipinski definition) is 2. The van der Waals surface area contributed by atoms with Crippen molar-refractivity contribution in [2.45, 2.75) is 85.1 Å². The predicted octanol–water partition coefficient (Wildman–Crippen LogP) is 7.72. The molecule has 63 heavy (non-hydrogen) atoms. The summed E-state index contributed by atoms with van der Waals surface area (Å²) in [5, 5.41) is 14.2. The van der Waals surface area contributed by atoms with Crippen molar-refractivity contribution in [1.29, 1.82) is 0 Å². The van der Waals surface area contributed by atoms with Crippen LogP contribution >= 0.6 is 0 Å². The number of fused-ring (bicyclic) bond motifs is 2. The number of unbranched alkanes of at least 4 members (excludes halogenated alkanes) is 2. The number of ether oxygens (including phenoxy) is 3. The van der Waals surface area contributed by atoms with Gasteiger partial charge in [0.25, 0.3) is 0 Å². The number of hydrogen-bond acceptors (Lipinski definition) is 13. The summed E-state index contributed by atoms with van der Waals surface area (Å²) in [5.74, 6) is 1.96. The van der Waals surface area contributed by atoms with Crippen LogP contribution in [0.5, 0.6) is 17.8 Å². The van der Waals surface area contributed by atoms with Crippen LogP contribution in [-0.2, 0) is 32.7 Å². The summed E-state index contributed by atoms with van der Waals surface area (Å²) >= 11 is 0. The van der Waals surface area contributed by atoms with Crippen molar-refractivity contribution in [1.82, 2.24) is 49.3 Å². The molecule has 2 aliphatic rings. The number of nitrogen functional groups attached to an aromatic ring is 1. The molecule has 6 heterocycles. The SMILES string of the molecule is CCCCOc1nc(N)c2cnn(Cc3ccc(CN4CCC4)cc3)c2n1.CCCCOc1nc(NCc2ccc(OC)cc2)c2cnn(Cc3ccc(CN4CCC4)cc3)c2n1. The first-order valence-corrected chi connectivity index (χ1v) is 22.4. The molecule has 2 fully saturated rings. The third kappa shape index (κ3) is 11.4. The Kier molecular flexibility index (Phi) is 14.6. The van der Waals surface area contributed by atoms with Gasteiger partial charge in [-0.2, -0.15) is 30.1 Å². The molecule has 15 nitrogen and oxygen atoms in total. The third-order valence-corrected chi connectivity index (χ3v) is 11.5. The Labute approximate surface area is 369 Å². The van der Waals surface area contributed by atoms with E-state index in [4.69, 9.17) is 24.9 Å². The Balaban J connectivity index is 0.000000180. The Morgan fingerprint density at radius 1 is 0.571 bits per heavy atom. The largest absolute Gasteiger partial charge is 0.497 e. The number of nitrogens with zero attached hydrogens (tertiary/aromatic N) is 10. The smallest absolute Gasteiger partial charge is 0.320 e. The van der Waals surface area contributed by atoms with Crippen molar-refractivity contribution in [3.8, 4) is 17.8 Å². The van der Waals surface area contributed by atoms with Gasteiger partial charge in [-0.05, 0) is 91.8 Å². The van der Waals surface area contributed by atoms with E-state index in [1.165, 1.54) is 61.3 Å². The lowest BCUT2D eigenvalue weighted by Crippen LogP contribution is -2.36. The highest BCUT2D eigenvalue weighted by Crippen LogP contribution is 2.26. The lowest BCUT2D eigenvalue weighted by molar-refractivity contribution is 0.172. The van der Waals surface area contributed by atoms with Crippen LogP contribution in [-0.4, -0.2) is 95.8 Å². The number of nitrogens with two attached hydrogens (primary N) is 1. The zero-order valence-corrected chi connectivity index (χ0v) is 36.9. The number of methoxy groups -OCH3 is 1. The monoisotopic (exact) mass is 852 g/mol. The normalized spacial score (nSPS) is 13.9. The van der Waals surface area contributed by atoms with Crippen molar-refractivity contribution >= 4 is 33.7 Å². The number of nitrogens with one attached hydrogen (secondary N) is 1. The van der Waals surface area contributed by atoms with Crippen LogP contribution in [0.15, 0.2) is 85.2 Å². The lowest BCUT2D eigenvalue weighted by atomic mass is 10.1. The molecule has 330 valence electrons. The molecule has 0 atom stereocenters. The average molecular weight is 853 g/mol. The van der Waals surface area contributed by atoms with Gasteiger partial charge in [0.05, 0.1) is 56.6 Å². The average Bonchev–Trinajstić information content (AvgIpc) is 3.88. The summed E-state index contributed by atoms with van der Waals surface area (Å²) in [7, 11) is 1.67. The van der Waals surface area contributed by atoms with Gasteiger partial charge < -0.3 is 25.3 Å². The van der Waals surface area contributed by atoms with Crippen molar-refractivity contribution in [3.05, 3.63) is 113 Å². The number of benzene rings is 3. The van der Waals surface area contributed by atoms with Crippen LogP contribution in [0, 0.1) is 0 Å². The van der Waals surface area contributed by atoms with E-state index in [0.29, 0.717) is 56.3 Å². The van der Waals surface area contributed by atoms with Crippen LogP contribution in [0.2, 0.25) is 0 Å². The number of rotatable bonds is 20. The van der Waals surface area contributed by atoms with Gasteiger partial charge in [0.15, 0.2) is 11.3 Å². The highest BCUT2D eigenvalue weighted by atomic mass is 16.5. The standard InChI is InChI=1S/C28H34N6O2.C20H26N6O/c1-3-4-16-36-28-31-26(29-17-21-10-12-24(35-2)13-11-21)25-18-30-34(27(25)32-28)20-23-8-6-22(7-9-23)19-33-14-5-15-33;1-2-3-11-27-20-23-18(21)17-12-22-26(19(17)24-20)14-16-7-5-15(6-8-16)13-25-9-4-10-25/h6-13,18H,3-5,14-17,19-20H2,1-2H3,(H,29,31,32);5-8,12H,2-4,9-11,13-14H2,1H3,(H2,21,23,24). The van der Waals surface area contributed by atoms with Crippen molar-refractivity contribution in [2.75, 3.05) is 57.6 Å². The van der Waals surface area contributed by atoms with Crippen molar-refractivity contribution in [3.63, 3.8) is 0 Å². The van der Waals surface area contributed by atoms with Crippen LogP contribution in [0.25, 0.3) is 22.1 Å². The molecular formula is C48H60N12O3. The first kappa shape index (κ1) is 43.3. The first-order chi connectivity index (χ1) is 30.9. The van der Waals surface area contributed by atoms with Crippen molar-refractivity contribution in [2.24, 2.45) is 0 Å². The molecule has 0 amide bonds. The Bertz CT molecular complexity index is 2510. The minimum Gasteiger partial charge on any atom is -0.497 e. The quantitative estimate of drug-likeness (QED) is 0.0719. The Morgan fingerprint density at radius 3 is 1.51 bits per heavy atom. The van der Waals surface area contributed by atoms with E-state index in [0.717, 1.165) is 72.3 Å². The van der Waals surface area contributed by atoms with E-state index >= 15 is 0 Å². The van der Waals surface area contributed by atoms with Gasteiger partial charge in [-0.3, -0.25) is 9.80 Å². The molecule has 2 saturated heterocycles. The number of likely N-dealkylation sites (tertiary alicyclic amines) is 2. The molecule has 0 spiro atoms. The second-order valence-electron chi connectivity index (χ2n) is 16.3. The maximum atomic E-state index is 6.06. The molecule has 0 saturated carbocycles. The molecule has 3 aromatic carbocycles. The molecule has 7 aromatic rings. The topological polar surface area (TPSA) is 159 Å². The van der Waals surface area contributed by atoms with E-state index < -0.39 is 0 Å². The minimum atomic E-state index is 0.320. The van der Waals surface area contributed by atoms with Gasteiger partial charge in [0.2, 0.25) is 0 Å². The van der Waals surface area contributed by atoms with E-state index in [-0.39, 0.29) is 0 Å². The fraction of sp³-hybridized carbons (Fsp3) is 0.417. The summed E-state index contributed by atoms with van der Waals surface area (Å²) < 4.78 is 20.6. The fourth-order valence-corrected chi connectivity index (χ4v) is 7.37. The highest BCUT2D eigenvalue weighted by Gasteiger charge is 2.17. The second kappa shape index (κ2) is 21.2. The van der Waals surface area contributed by atoms with E-state index in [9.17, 15) is 0 Å². The molecule has 3 N–H and O–H groups in total. The van der Waals surface area contributed by atoms with E-state index in [1.54, 1.807) is 13.3 Å². The predicted molar refractivity (Wildman–Crippen MR) is 247 cm³/mol. The first-order valence-electron chi connectivity index (χ1n) is 22.4. The van der Waals surface area contributed by atoms with E-state index in [1.807, 2.05) is 39.8 Å². The van der Waals surface area contributed by atoms with Gasteiger partial charge in [-0.25, -0.2) is 9.36 Å². The Hall–Kier alpha value is -6.32. The Morgan fingerprint density at radius 2 is 1.03 bits per heavy atom. The summed E-state index contributed by atoms with van der Waals surface area (Å²) in [4.78, 5) is 23.1. The van der Waals surface area contributed by atoms with Gasteiger partial charge in [-0.1, -0.05) is 87.4 Å². The van der Waals surface area contributed by atoms with Gasteiger partial charge >= 0.3 is 12.0 Å². The van der Waals surface area contributed by atoms with Crippen LogP contribution < -0.4 is 25.3 Å². The molecule has 15 heteroatoms. The highest BCUT2D eigenvalue weighted by molar-refractivity contribution is 5.87. The third-order valence-electron chi connectivity index (χ3n) is 11.5. The summed E-state index contributed by atoms with van der Waals surface area (Å²) in [6.45, 7) is 14.2. The van der Waals surface area contributed by atoms with E-state index in [2.05, 4.69) is 103 Å². The molecule has 0 unspecified atom stereocenters. The zero-order chi connectivity index (χ0) is 43.4. The van der Waals surface area contributed by atoms with Crippen LogP contribution in [0.1, 0.15) is 80.2 Å². The number of anilines is 2.